The molecule has 2 heterocycles. The second kappa shape index (κ2) is 4.72. The Labute approximate surface area is 133 Å². The third-order valence-electron chi connectivity index (χ3n) is 4.09. The van der Waals surface area contributed by atoms with E-state index in [-0.39, 0.29) is 12.8 Å². The molecule has 24 heavy (non-hydrogen) atoms. The van der Waals surface area contributed by atoms with Crippen LogP contribution in [-0.4, -0.2) is 54.2 Å². The van der Waals surface area contributed by atoms with E-state index >= 15 is 0 Å². The number of aromatic hydroxyl groups is 3. The van der Waals surface area contributed by atoms with Gasteiger partial charge in [0.15, 0.2) is 11.5 Å². The molecule has 0 radical (unpaired) electrons. The van der Waals surface area contributed by atoms with Crippen LogP contribution in [0.2, 0.25) is 0 Å². The summed E-state index contributed by atoms with van der Waals surface area (Å²) in [6.45, 7) is 0. The zero-order valence-corrected chi connectivity index (χ0v) is 12.0. The first-order chi connectivity index (χ1) is 11.1. The summed E-state index contributed by atoms with van der Waals surface area (Å²) in [6, 6.07) is -1.43. The van der Waals surface area contributed by atoms with E-state index in [9.17, 15) is 39.9 Å². The van der Waals surface area contributed by atoms with Crippen molar-refractivity contribution in [3.63, 3.8) is 0 Å². The number of rotatable bonds is 1. The molecule has 3 amide bonds. The molecule has 128 valence electrons. The number of benzene rings is 1. The van der Waals surface area contributed by atoms with Crippen LogP contribution in [0.5, 0.6) is 17.2 Å². The van der Waals surface area contributed by atoms with E-state index in [2.05, 4.69) is 0 Å². The lowest BCUT2D eigenvalue weighted by molar-refractivity contribution is -0.258. The quantitative estimate of drug-likeness (QED) is 0.0971. The smallest absolute Gasteiger partial charge is 0.281 e. The maximum Gasteiger partial charge on any atom is 0.281 e. The van der Waals surface area contributed by atoms with E-state index in [1.807, 2.05) is 5.32 Å². The number of amides is 3. The Morgan fingerprint density at radius 3 is 2.29 bits per heavy atom. The first-order valence-corrected chi connectivity index (χ1v) is 6.77. The van der Waals surface area contributed by atoms with Gasteiger partial charge in [0.1, 0.15) is 6.04 Å². The van der Waals surface area contributed by atoms with Gasteiger partial charge in [-0.15, -0.1) is 0 Å². The Morgan fingerprint density at radius 2 is 1.71 bits per heavy atom. The Kier molecular flexibility index (Phi) is 3.11. The zero-order valence-electron chi connectivity index (χ0n) is 12.0. The molecule has 3 rings (SSSR count). The van der Waals surface area contributed by atoms with Crippen molar-refractivity contribution >= 4 is 23.4 Å². The molecular formula is C13H13N3O8. The highest BCUT2D eigenvalue weighted by Gasteiger charge is 2.56. The predicted octanol–water partition coefficient (Wildman–Crippen LogP) is -2.26. The summed E-state index contributed by atoms with van der Waals surface area (Å²) in [4.78, 5) is 36.0. The van der Waals surface area contributed by atoms with Gasteiger partial charge in [-0.25, -0.2) is 0 Å². The molecule has 0 aromatic heterocycles. The van der Waals surface area contributed by atoms with Gasteiger partial charge in [0.2, 0.25) is 17.6 Å². The summed E-state index contributed by atoms with van der Waals surface area (Å²) >= 11 is 0. The molecule has 11 heteroatoms. The molecule has 2 aliphatic rings. The highest BCUT2D eigenvalue weighted by Crippen LogP contribution is 2.53. The van der Waals surface area contributed by atoms with Crippen LogP contribution >= 0.6 is 0 Å². The van der Waals surface area contributed by atoms with Gasteiger partial charge in [0.25, 0.3) is 11.8 Å². The van der Waals surface area contributed by atoms with Gasteiger partial charge in [0.05, 0.1) is 16.8 Å². The first-order valence-electron chi connectivity index (χ1n) is 6.77. The Morgan fingerprint density at radius 1 is 1.08 bits per heavy atom. The highest BCUT2D eigenvalue weighted by atomic mass is 16.5. The Hall–Kier alpha value is -3.05. The van der Waals surface area contributed by atoms with E-state index in [4.69, 9.17) is 5.73 Å². The van der Waals surface area contributed by atoms with Gasteiger partial charge in [0, 0.05) is 6.42 Å². The summed E-state index contributed by atoms with van der Waals surface area (Å²) in [6.07, 6.45) is -0.337. The lowest BCUT2D eigenvalue weighted by atomic mass is 10.0. The standard InChI is InChI=1S/C13H13N3O8/c14-7-6-5(8(18)10(20)9(7)19)12(22)16(13(6,23)24)3-1-2-4(17)15-11(3)21/h3,18-20,23-24H,1-2,14H2,(H,15,17,21). The van der Waals surface area contributed by atoms with Crippen molar-refractivity contribution in [2.75, 3.05) is 5.73 Å². The lowest BCUT2D eigenvalue weighted by Crippen LogP contribution is -2.58. The third-order valence-corrected chi connectivity index (χ3v) is 4.09. The number of carbonyl (C=O) groups is 3. The number of nitrogens with zero attached hydrogens (tertiary/aromatic N) is 1. The minimum Gasteiger partial charge on any atom is -0.504 e. The number of piperidine rings is 1. The second-order valence-corrected chi connectivity index (χ2v) is 5.49. The number of imide groups is 1. The number of phenols is 3. The van der Waals surface area contributed by atoms with E-state index in [1.165, 1.54) is 0 Å². The van der Waals surface area contributed by atoms with Gasteiger partial charge in [-0.05, 0) is 6.42 Å². The van der Waals surface area contributed by atoms with Crippen LogP contribution in [0.15, 0.2) is 0 Å². The Balaban J connectivity index is 2.18. The highest BCUT2D eigenvalue weighted by molar-refractivity contribution is 6.09. The van der Waals surface area contributed by atoms with Crippen molar-refractivity contribution in [1.82, 2.24) is 10.2 Å². The number of anilines is 1. The molecule has 2 aliphatic heterocycles. The van der Waals surface area contributed by atoms with Crippen molar-refractivity contribution < 1.29 is 39.9 Å². The molecule has 1 atom stereocenters. The molecule has 0 bridgehead atoms. The van der Waals surface area contributed by atoms with Gasteiger partial charge >= 0.3 is 0 Å². The van der Waals surface area contributed by atoms with Crippen molar-refractivity contribution in [3.8, 4) is 17.2 Å². The summed E-state index contributed by atoms with van der Waals surface area (Å²) in [5.74, 6) is -9.13. The number of carbonyl (C=O) groups excluding carboxylic acids is 3. The molecule has 1 aromatic carbocycles. The SMILES string of the molecule is Nc1c(O)c(O)c(O)c2c1C(O)(O)N(C1CCC(=O)NC1=O)C2=O. The van der Waals surface area contributed by atoms with Crippen LogP contribution in [0.4, 0.5) is 5.69 Å². The first kappa shape index (κ1) is 15.8. The van der Waals surface area contributed by atoms with Crippen LogP contribution in [0.3, 0.4) is 0 Å². The molecule has 0 saturated carbocycles. The van der Waals surface area contributed by atoms with Gasteiger partial charge in [-0.1, -0.05) is 0 Å². The van der Waals surface area contributed by atoms with Crippen molar-refractivity contribution in [3.05, 3.63) is 11.1 Å². The number of nitrogens with two attached hydrogens (primary N) is 1. The fourth-order valence-electron chi connectivity index (χ4n) is 2.96. The van der Waals surface area contributed by atoms with Gasteiger partial charge in [-0.3, -0.25) is 24.6 Å². The molecule has 1 saturated heterocycles. The predicted molar refractivity (Wildman–Crippen MR) is 74.3 cm³/mol. The van der Waals surface area contributed by atoms with Gasteiger partial charge < -0.3 is 31.3 Å². The van der Waals surface area contributed by atoms with Crippen LogP contribution in [0.25, 0.3) is 0 Å². The number of aliphatic hydroxyl groups is 2. The fraction of sp³-hybridized carbons (Fsp3) is 0.308. The van der Waals surface area contributed by atoms with Gasteiger partial charge in [-0.2, -0.15) is 0 Å². The molecule has 1 fully saturated rings. The minimum atomic E-state index is -3.14. The number of nitrogen functional groups attached to an aromatic ring is 1. The van der Waals surface area contributed by atoms with Crippen LogP contribution < -0.4 is 11.1 Å². The number of hydrogen-bond acceptors (Lipinski definition) is 9. The maximum atomic E-state index is 12.5. The van der Waals surface area contributed by atoms with Crippen molar-refractivity contribution in [2.24, 2.45) is 0 Å². The van der Waals surface area contributed by atoms with Crippen LogP contribution in [-0.2, 0) is 15.5 Å². The number of hydrogen-bond donors (Lipinski definition) is 7. The summed E-state index contributed by atoms with van der Waals surface area (Å²) < 4.78 is 0. The molecule has 1 aromatic rings. The normalized spacial score (nSPS) is 22.5. The van der Waals surface area contributed by atoms with E-state index in [0.717, 1.165) is 0 Å². The van der Waals surface area contributed by atoms with Crippen LogP contribution in [0.1, 0.15) is 28.8 Å². The summed E-state index contributed by atoms with van der Waals surface area (Å²) in [7, 11) is 0. The van der Waals surface area contributed by atoms with Crippen LogP contribution in [0, 0.1) is 0 Å². The Bertz CT molecular complexity index is 803. The fourth-order valence-corrected chi connectivity index (χ4v) is 2.96. The van der Waals surface area contributed by atoms with E-state index < -0.39 is 63.7 Å². The molecule has 0 spiro atoms. The van der Waals surface area contributed by atoms with Crippen molar-refractivity contribution in [1.29, 1.82) is 0 Å². The largest absolute Gasteiger partial charge is 0.504 e. The molecule has 0 aliphatic carbocycles. The van der Waals surface area contributed by atoms with E-state index in [1.54, 1.807) is 0 Å². The molecule has 8 N–H and O–H groups in total. The topological polar surface area (TPSA) is 194 Å². The van der Waals surface area contributed by atoms with Crippen molar-refractivity contribution in [2.45, 2.75) is 24.8 Å². The molecular weight excluding hydrogens is 326 g/mol. The molecule has 11 nitrogen and oxygen atoms in total. The second-order valence-electron chi connectivity index (χ2n) is 5.49. The average molecular weight is 339 g/mol. The monoisotopic (exact) mass is 339 g/mol. The number of fused-ring (bicyclic) bond motifs is 1. The number of phenolic OH excluding ortho intramolecular Hbond substituents is 3. The third kappa shape index (κ3) is 1.82. The lowest BCUT2D eigenvalue weighted by Gasteiger charge is -2.36. The maximum absolute atomic E-state index is 12.5. The summed E-state index contributed by atoms with van der Waals surface area (Å²) in [5.41, 5.74) is 3.26. The number of nitrogens with one attached hydrogen (secondary N) is 1. The average Bonchev–Trinajstić information content (AvgIpc) is 2.70. The minimum absolute atomic E-state index is 0.148. The zero-order chi connectivity index (χ0) is 18.0. The van der Waals surface area contributed by atoms with E-state index in [0.29, 0.717) is 4.90 Å². The molecule has 1 unspecified atom stereocenters. The summed E-state index contributed by atoms with van der Waals surface area (Å²) in [5, 5.41) is 51.7.